The quantitative estimate of drug-likeness (QED) is 0.669. The molecule has 2 heterocycles. The van der Waals surface area contributed by atoms with E-state index in [0.717, 1.165) is 36.7 Å². The number of para-hydroxylation sites is 1. The Labute approximate surface area is 178 Å². The van der Waals surface area contributed by atoms with Crippen LogP contribution in [0, 0.1) is 0 Å². The van der Waals surface area contributed by atoms with Gasteiger partial charge in [-0.05, 0) is 34.9 Å². The van der Waals surface area contributed by atoms with Crippen LogP contribution in [0.2, 0.25) is 0 Å². The van der Waals surface area contributed by atoms with E-state index in [1.165, 1.54) is 16.7 Å². The number of rotatable bonds is 6. The molecule has 2 aliphatic rings. The molecule has 0 radical (unpaired) electrons. The van der Waals surface area contributed by atoms with Gasteiger partial charge in [0.25, 0.3) is 0 Å². The predicted molar refractivity (Wildman–Crippen MR) is 120 cm³/mol. The molecule has 2 bridgehead atoms. The first-order valence-electron chi connectivity index (χ1n) is 10.6. The maximum atomic E-state index is 5.53. The number of fused-ring (bicyclic) bond motifs is 2. The Morgan fingerprint density at radius 3 is 2.37 bits per heavy atom. The minimum atomic E-state index is 0.534. The van der Waals surface area contributed by atoms with Crippen LogP contribution in [0.25, 0.3) is 11.1 Å². The number of methoxy groups -OCH3 is 2. The summed E-state index contributed by atoms with van der Waals surface area (Å²) >= 11 is 0. The second kappa shape index (κ2) is 8.13. The van der Waals surface area contributed by atoms with Crippen LogP contribution in [0.1, 0.15) is 17.0 Å². The van der Waals surface area contributed by atoms with Crippen molar-refractivity contribution in [2.75, 3.05) is 27.3 Å². The minimum Gasteiger partial charge on any atom is -0.497 e. The summed E-state index contributed by atoms with van der Waals surface area (Å²) in [5.41, 5.74) is 5.09. The number of piperazine rings is 1. The zero-order valence-corrected chi connectivity index (χ0v) is 17.5. The third-order valence-electron chi connectivity index (χ3n) is 6.60. The normalized spacial score (nSPS) is 22.9. The first kappa shape index (κ1) is 19.2. The highest BCUT2D eigenvalue weighted by molar-refractivity contribution is 5.70. The van der Waals surface area contributed by atoms with Crippen molar-refractivity contribution in [1.29, 1.82) is 0 Å². The van der Waals surface area contributed by atoms with Crippen LogP contribution < -0.4 is 14.8 Å². The number of nitrogens with one attached hydrogen (secondary N) is 1. The summed E-state index contributed by atoms with van der Waals surface area (Å²) in [4.78, 5) is 2.64. The van der Waals surface area contributed by atoms with E-state index < -0.39 is 0 Å². The molecular weight excluding hydrogens is 372 g/mol. The zero-order valence-electron chi connectivity index (χ0n) is 17.5. The van der Waals surface area contributed by atoms with Crippen molar-refractivity contribution in [1.82, 2.24) is 10.2 Å². The number of benzene rings is 3. The SMILES string of the molecule is COc1cccc(CN2[C@@H]3CNC[C@H]2C3c2ccc(-c3ccccc3OC)cc2)c1. The number of piperidine rings is 1. The molecule has 4 heteroatoms. The fourth-order valence-electron chi connectivity index (χ4n) is 5.11. The maximum absolute atomic E-state index is 5.53. The largest absolute Gasteiger partial charge is 0.497 e. The average Bonchev–Trinajstić information content (AvgIpc) is 2.83. The molecule has 3 aromatic carbocycles. The van der Waals surface area contributed by atoms with Gasteiger partial charge in [-0.3, -0.25) is 4.90 Å². The zero-order chi connectivity index (χ0) is 20.5. The van der Waals surface area contributed by atoms with Crippen LogP contribution in [-0.2, 0) is 6.54 Å². The lowest BCUT2D eigenvalue weighted by molar-refractivity contribution is -0.0483. The minimum absolute atomic E-state index is 0.534. The van der Waals surface area contributed by atoms with Gasteiger partial charge in [0.2, 0.25) is 0 Å². The highest BCUT2D eigenvalue weighted by Crippen LogP contribution is 2.44. The molecule has 0 aromatic heterocycles. The average molecular weight is 401 g/mol. The van der Waals surface area contributed by atoms with Gasteiger partial charge in [0.1, 0.15) is 11.5 Å². The molecule has 4 nitrogen and oxygen atoms in total. The van der Waals surface area contributed by atoms with Crippen molar-refractivity contribution >= 4 is 0 Å². The van der Waals surface area contributed by atoms with Gasteiger partial charge >= 0.3 is 0 Å². The van der Waals surface area contributed by atoms with Crippen LogP contribution in [0.3, 0.4) is 0 Å². The molecule has 154 valence electrons. The number of hydrogen-bond acceptors (Lipinski definition) is 4. The van der Waals surface area contributed by atoms with Crippen molar-refractivity contribution in [2.45, 2.75) is 24.5 Å². The highest BCUT2D eigenvalue weighted by Gasteiger charge is 2.50. The predicted octanol–water partition coefficient (Wildman–Crippen LogP) is 4.31. The molecule has 30 heavy (non-hydrogen) atoms. The maximum Gasteiger partial charge on any atom is 0.126 e. The van der Waals surface area contributed by atoms with Gasteiger partial charge in [-0.2, -0.15) is 0 Å². The van der Waals surface area contributed by atoms with Crippen LogP contribution in [0.15, 0.2) is 72.8 Å². The Morgan fingerprint density at radius 2 is 1.63 bits per heavy atom. The van der Waals surface area contributed by atoms with Crippen LogP contribution in [0.5, 0.6) is 11.5 Å². The van der Waals surface area contributed by atoms with E-state index >= 15 is 0 Å². The van der Waals surface area contributed by atoms with Crippen molar-refractivity contribution in [2.24, 2.45) is 0 Å². The smallest absolute Gasteiger partial charge is 0.126 e. The van der Waals surface area contributed by atoms with Crippen molar-refractivity contribution in [3.8, 4) is 22.6 Å². The molecule has 0 saturated carbocycles. The van der Waals surface area contributed by atoms with Gasteiger partial charge in [-0.1, -0.05) is 54.6 Å². The van der Waals surface area contributed by atoms with Gasteiger partial charge in [-0.15, -0.1) is 0 Å². The summed E-state index contributed by atoms with van der Waals surface area (Å²) in [5, 5.41) is 3.59. The first-order valence-corrected chi connectivity index (χ1v) is 10.6. The van der Waals surface area contributed by atoms with Crippen LogP contribution >= 0.6 is 0 Å². The summed E-state index contributed by atoms with van der Waals surface area (Å²) in [6.45, 7) is 3.06. The standard InChI is InChI=1S/C26H28N2O2/c1-29-21-7-5-6-18(14-21)17-28-23-15-27-16-24(28)26(23)20-12-10-19(11-13-20)22-8-3-4-9-25(22)30-2/h3-14,23-24,26-27H,15-17H2,1-2H3/t23-,24+,26?. The molecule has 2 fully saturated rings. The fourth-order valence-corrected chi connectivity index (χ4v) is 5.11. The molecule has 0 aliphatic carbocycles. The lowest BCUT2D eigenvalue weighted by atomic mass is 9.72. The first-order chi connectivity index (χ1) is 14.8. The molecule has 2 aliphatic heterocycles. The molecule has 3 atom stereocenters. The molecule has 0 amide bonds. The van der Waals surface area contributed by atoms with E-state index in [4.69, 9.17) is 9.47 Å². The monoisotopic (exact) mass is 400 g/mol. The summed E-state index contributed by atoms with van der Waals surface area (Å²) in [6, 6.07) is 26.8. The van der Waals surface area contributed by atoms with Crippen molar-refractivity contribution in [3.63, 3.8) is 0 Å². The van der Waals surface area contributed by atoms with E-state index in [1.807, 2.05) is 18.2 Å². The third kappa shape index (κ3) is 3.36. The summed E-state index contributed by atoms with van der Waals surface area (Å²) in [5.74, 6) is 2.43. The van der Waals surface area contributed by atoms with Gasteiger partial charge in [0, 0.05) is 43.2 Å². The topological polar surface area (TPSA) is 33.7 Å². The highest BCUT2D eigenvalue weighted by atomic mass is 16.5. The van der Waals surface area contributed by atoms with Crippen LogP contribution in [0.4, 0.5) is 0 Å². The van der Waals surface area contributed by atoms with E-state index in [-0.39, 0.29) is 0 Å². The van der Waals surface area contributed by atoms with Gasteiger partial charge < -0.3 is 14.8 Å². The molecule has 0 spiro atoms. The van der Waals surface area contributed by atoms with Crippen molar-refractivity contribution < 1.29 is 9.47 Å². The summed E-state index contributed by atoms with van der Waals surface area (Å²) in [7, 11) is 3.46. The van der Waals surface area contributed by atoms with Gasteiger partial charge in [0.15, 0.2) is 0 Å². The molecular formula is C26H28N2O2. The van der Waals surface area contributed by atoms with E-state index in [1.54, 1.807) is 14.2 Å². The number of nitrogens with zero attached hydrogens (tertiary/aromatic N) is 1. The second-order valence-corrected chi connectivity index (χ2v) is 8.16. The Bertz CT molecular complexity index is 1010. The van der Waals surface area contributed by atoms with Gasteiger partial charge in [0.05, 0.1) is 14.2 Å². The summed E-state index contributed by atoms with van der Waals surface area (Å²) < 4.78 is 10.9. The van der Waals surface area contributed by atoms with E-state index in [0.29, 0.717) is 18.0 Å². The lowest BCUT2D eigenvalue weighted by Crippen LogP contribution is -2.72. The van der Waals surface area contributed by atoms with Crippen molar-refractivity contribution in [3.05, 3.63) is 83.9 Å². The Morgan fingerprint density at radius 1 is 0.867 bits per heavy atom. The molecule has 3 aromatic rings. The Hall–Kier alpha value is -2.82. The molecule has 5 rings (SSSR count). The molecule has 2 saturated heterocycles. The van der Waals surface area contributed by atoms with E-state index in [9.17, 15) is 0 Å². The number of ether oxygens (including phenoxy) is 2. The van der Waals surface area contributed by atoms with Gasteiger partial charge in [-0.25, -0.2) is 0 Å². The lowest BCUT2D eigenvalue weighted by Gasteiger charge is -2.59. The second-order valence-electron chi connectivity index (χ2n) is 8.16. The third-order valence-corrected chi connectivity index (χ3v) is 6.60. The number of hydrogen-bond donors (Lipinski definition) is 1. The Balaban J connectivity index is 1.34. The Kier molecular flexibility index (Phi) is 5.19. The van der Waals surface area contributed by atoms with E-state index in [2.05, 4.69) is 64.8 Å². The molecule has 1 unspecified atom stereocenters. The van der Waals surface area contributed by atoms with Crippen LogP contribution in [-0.4, -0.2) is 44.3 Å². The summed E-state index contributed by atoms with van der Waals surface area (Å²) in [6.07, 6.45) is 0. The molecule has 1 N–H and O–H groups in total. The fraction of sp³-hybridized carbons (Fsp3) is 0.308.